The quantitative estimate of drug-likeness (QED) is 0.277. The number of fused-ring (bicyclic) bond motifs is 3. The molecule has 1 amide bonds. The van der Waals surface area contributed by atoms with E-state index in [9.17, 15) is 14.7 Å². The summed E-state index contributed by atoms with van der Waals surface area (Å²) >= 11 is 6.28. The van der Waals surface area contributed by atoms with Crippen molar-refractivity contribution in [3.63, 3.8) is 0 Å². The molecule has 1 fully saturated rings. The van der Waals surface area contributed by atoms with E-state index < -0.39 is 6.10 Å². The standard InChI is InChI=1S/C31H32ClN5O6/c1-36-8-5-19(6-9-36)37-14-18-10-23-24(11-21(18)31(37)40)35-29(34-23)28-17(4-7-33-30(28)39)2-3-20(38)15-41-25-13-27-26(12-22(25)32)42-16-43-27/h4,7,10-13,19-20,38H,2-3,5-6,8-9,14-16H2,1H3,(H,33,39)(H,34,35)/t20-/m1/s1. The average molecular weight is 606 g/mol. The fraction of sp³-hybridized carbons (Fsp3) is 0.387. The number of benzene rings is 2. The zero-order chi connectivity index (χ0) is 29.7. The van der Waals surface area contributed by atoms with Crippen LogP contribution in [-0.2, 0) is 13.0 Å². The van der Waals surface area contributed by atoms with Crippen molar-refractivity contribution in [3.8, 4) is 28.6 Å². The van der Waals surface area contributed by atoms with Gasteiger partial charge in [0.05, 0.1) is 27.7 Å². The second-order valence-electron chi connectivity index (χ2n) is 11.4. The number of carbonyl (C=O) groups excluding carboxylic acids is 1. The summed E-state index contributed by atoms with van der Waals surface area (Å²) < 4.78 is 16.4. The van der Waals surface area contributed by atoms with Crippen LogP contribution in [0.4, 0.5) is 0 Å². The van der Waals surface area contributed by atoms with Gasteiger partial charge in [-0.05, 0) is 75.1 Å². The number of nitrogens with one attached hydrogen (secondary N) is 2. The third-order valence-corrected chi connectivity index (χ3v) is 8.85. The number of hydrogen-bond donors (Lipinski definition) is 3. The monoisotopic (exact) mass is 605 g/mol. The van der Waals surface area contributed by atoms with Crippen LogP contribution in [0.25, 0.3) is 22.4 Å². The number of H-pyrrole nitrogens is 2. The highest BCUT2D eigenvalue weighted by atomic mass is 35.5. The molecular weight excluding hydrogens is 574 g/mol. The van der Waals surface area contributed by atoms with Gasteiger partial charge in [0.25, 0.3) is 11.5 Å². The van der Waals surface area contributed by atoms with E-state index in [2.05, 4.69) is 21.9 Å². The summed E-state index contributed by atoms with van der Waals surface area (Å²) in [4.78, 5) is 41.4. The summed E-state index contributed by atoms with van der Waals surface area (Å²) in [5.74, 6) is 1.96. The minimum absolute atomic E-state index is 0.0106. The van der Waals surface area contributed by atoms with E-state index in [1.165, 1.54) is 0 Å². The third-order valence-electron chi connectivity index (χ3n) is 8.56. The number of aliphatic hydroxyl groups is 1. The van der Waals surface area contributed by atoms with Crippen molar-refractivity contribution in [2.24, 2.45) is 0 Å². The topological polar surface area (TPSA) is 133 Å². The van der Waals surface area contributed by atoms with Gasteiger partial charge >= 0.3 is 0 Å². The predicted octanol–water partition coefficient (Wildman–Crippen LogP) is 3.72. The molecule has 0 spiro atoms. The van der Waals surface area contributed by atoms with Gasteiger partial charge in [-0.15, -0.1) is 0 Å². The molecule has 2 aromatic heterocycles. The molecule has 0 bridgehead atoms. The fourth-order valence-corrected chi connectivity index (χ4v) is 6.36. The molecule has 2 aromatic carbocycles. The molecular formula is C31H32ClN5O6. The molecule has 224 valence electrons. The number of hydrogen-bond acceptors (Lipinski definition) is 8. The fourth-order valence-electron chi connectivity index (χ4n) is 6.15. The van der Waals surface area contributed by atoms with E-state index in [1.807, 2.05) is 23.1 Å². The summed E-state index contributed by atoms with van der Waals surface area (Å²) in [6.45, 7) is 2.70. The summed E-state index contributed by atoms with van der Waals surface area (Å²) in [5.41, 5.74) is 3.92. The first-order chi connectivity index (χ1) is 20.8. The van der Waals surface area contributed by atoms with Gasteiger partial charge in [-0.2, -0.15) is 0 Å². The first kappa shape index (κ1) is 27.8. The lowest BCUT2D eigenvalue weighted by Gasteiger charge is -2.34. The lowest BCUT2D eigenvalue weighted by molar-refractivity contribution is 0.0617. The maximum Gasteiger partial charge on any atom is 0.259 e. The number of likely N-dealkylation sites (tertiary alicyclic amines) is 1. The minimum atomic E-state index is -0.814. The largest absolute Gasteiger partial charge is 0.489 e. The Morgan fingerprint density at radius 3 is 2.77 bits per heavy atom. The van der Waals surface area contributed by atoms with Crippen LogP contribution in [0.15, 0.2) is 41.3 Å². The molecule has 4 aromatic rings. The number of piperidine rings is 1. The molecule has 43 heavy (non-hydrogen) atoms. The number of nitrogens with zero attached hydrogens (tertiary/aromatic N) is 3. The summed E-state index contributed by atoms with van der Waals surface area (Å²) in [5, 5.41) is 11.0. The van der Waals surface area contributed by atoms with Crippen LogP contribution >= 0.6 is 11.6 Å². The number of rotatable bonds is 8. The van der Waals surface area contributed by atoms with Gasteiger partial charge in [0.1, 0.15) is 18.2 Å². The Bertz CT molecular complexity index is 1760. The number of aryl methyl sites for hydroxylation is 1. The summed E-state index contributed by atoms with van der Waals surface area (Å²) in [6.07, 6.45) is 3.48. The first-order valence-electron chi connectivity index (χ1n) is 14.5. The Labute approximate surface area is 252 Å². The molecule has 12 heteroatoms. The van der Waals surface area contributed by atoms with Gasteiger partial charge in [-0.3, -0.25) is 9.59 Å². The molecule has 3 N–H and O–H groups in total. The van der Waals surface area contributed by atoms with Crippen LogP contribution in [0.3, 0.4) is 0 Å². The zero-order valence-corrected chi connectivity index (χ0v) is 24.4. The first-order valence-corrected chi connectivity index (χ1v) is 14.8. The molecule has 3 aliphatic rings. The lowest BCUT2D eigenvalue weighted by Crippen LogP contribution is -2.43. The van der Waals surface area contributed by atoms with Crippen molar-refractivity contribution in [1.29, 1.82) is 0 Å². The van der Waals surface area contributed by atoms with Crippen molar-refractivity contribution in [2.45, 2.75) is 44.4 Å². The Kier molecular flexibility index (Phi) is 7.24. The van der Waals surface area contributed by atoms with E-state index >= 15 is 0 Å². The van der Waals surface area contributed by atoms with Gasteiger partial charge in [0.15, 0.2) is 11.5 Å². The molecule has 0 radical (unpaired) electrons. The average Bonchev–Trinajstić information content (AvgIpc) is 3.70. The maximum atomic E-state index is 13.3. The third kappa shape index (κ3) is 5.32. The second kappa shape index (κ2) is 11.2. The van der Waals surface area contributed by atoms with Crippen LogP contribution in [-0.4, -0.2) is 81.4 Å². The van der Waals surface area contributed by atoms with E-state index in [-0.39, 0.29) is 30.9 Å². The van der Waals surface area contributed by atoms with Gasteiger partial charge in [-0.1, -0.05) is 11.6 Å². The molecule has 5 heterocycles. The van der Waals surface area contributed by atoms with Crippen molar-refractivity contribution in [1.82, 2.24) is 24.8 Å². The maximum absolute atomic E-state index is 13.3. The molecule has 1 saturated heterocycles. The molecule has 0 aliphatic carbocycles. The highest BCUT2D eigenvalue weighted by Gasteiger charge is 2.34. The Balaban J connectivity index is 1.06. The van der Waals surface area contributed by atoms with E-state index in [0.29, 0.717) is 64.1 Å². The Hall–Kier alpha value is -4.06. The predicted molar refractivity (Wildman–Crippen MR) is 160 cm³/mol. The van der Waals surface area contributed by atoms with Crippen molar-refractivity contribution >= 4 is 28.5 Å². The molecule has 0 unspecified atom stereocenters. The lowest BCUT2D eigenvalue weighted by atomic mass is 10.0. The van der Waals surface area contributed by atoms with Gasteiger partial charge in [-0.25, -0.2) is 4.98 Å². The van der Waals surface area contributed by atoms with Crippen molar-refractivity contribution in [3.05, 3.63) is 68.6 Å². The minimum Gasteiger partial charge on any atom is -0.489 e. The Morgan fingerprint density at radius 2 is 1.95 bits per heavy atom. The highest BCUT2D eigenvalue weighted by Crippen LogP contribution is 2.40. The van der Waals surface area contributed by atoms with Crippen LogP contribution < -0.4 is 19.8 Å². The second-order valence-corrected chi connectivity index (χ2v) is 11.8. The summed E-state index contributed by atoms with van der Waals surface area (Å²) in [7, 11) is 2.11. The molecule has 1 atom stereocenters. The molecule has 7 rings (SSSR count). The van der Waals surface area contributed by atoms with Crippen LogP contribution in [0.2, 0.25) is 5.02 Å². The number of amides is 1. The van der Waals surface area contributed by atoms with Crippen LogP contribution in [0.5, 0.6) is 17.2 Å². The number of ether oxygens (including phenoxy) is 3. The van der Waals surface area contributed by atoms with Gasteiger partial charge in [0.2, 0.25) is 6.79 Å². The Morgan fingerprint density at radius 1 is 1.16 bits per heavy atom. The van der Waals surface area contributed by atoms with Crippen molar-refractivity contribution in [2.75, 3.05) is 33.5 Å². The van der Waals surface area contributed by atoms with E-state index in [1.54, 1.807) is 18.3 Å². The summed E-state index contributed by atoms with van der Waals surface area (Å²) in [6, 6.07) is 9.14. The number of aliphatic hydroxyl groups excluding tert-OH is 1. The van der Waals surface area contributed by atoms with Gasteiger partial charge in [0, 0.05) is 36.5 Å². The number of pyridine rings is 1. The molecule has 11 nitrogen and oxygen atoms in total. The van der Waals surface area contributed by atoms with Gasteiger partial charge < -0.3 is 39.1 Å². The van der Waals surface area contributed by atoms with Crippen LogP contribution in [0.1, 0.15) is 40.7 Å². The van der Waals surface area contributed by atoms with E-state index in [4.69, 9.17) is 30.8 Å². The molecule has 3 aliphatic heterocycles. The number of aromatic amines is 2. The number of carbonyl (C=O) groups is 1. The van der Waals surface area contributed by atoms with E-state index in [0.717, 1.165) is 42.6 Å². The normalized spacial score (nSPS) is 17.6. The highest BCUT2D eigenvalue weighted by molar-refractivity contribution is 6.32. The van der Waals surface area contributed by atoms with Crippen molar-refractivity contribution < 1.29 is 24.1 Å². The molecule has 0 saturated carbocycles. The number of imidazole rings is 1. The number of aromatic nitrogens is 3. The van der Waals surface area contributed by atoms with Crippen LogP contribution in [0, 0.1) is 0 Å². The zero-order valence-electron chi connectivity index (χ0n) is 23.7. The SMILES string of the molecule is CN1CCC(N2Cc3cc4[nH]c(-c5c(CC[C@@H](O)COc6cc7c(cc6Cl)OCO7)cc[nH]c5=O)nc4cc3C2=O)CC1. The number of halogens is 1. The smallest absolute Gasteiger partial charge is 0.259 e.